The monoisotopic (exact) mass is 799 g/mol. The summed E-state index contributed by atoms with van der Waals surface area (Å²) >= 11 is 0. The van der Waals surface area contributed by atoms with E-state index in [1.54, 1.807) is 0 Å². The standard InChI is InChI=1S/CH4N2.5HI.Sn/c2-1-3;;;;;;/h1H,(H3,2,3);5*1H;/q;;;;;;+4/p-4. The van der Waals surface area contributed by atoms with Crippen LogP contribution < -0.4 is 131 Å². The Morgan fingerprint density at radius 1 is 0.889 bits per heavy atom. The average Bonchev–Trinajstić information content (AvgIpc) is 0.918. The van der Waals surface area contributed by atoms with Gasteiger partial charge in [-0.1, -0.05) is 0 Å². The molecule has 0 radical (unpaired) electrons. The Morgan fingerprint density at radius 2 is 0.889 bits per heavy atom. The van der Waals surface area contributed by atoms with E-state index >= 15 is 0 Å². The molecule has 0 saturated heterocycles. The van der Waals surface area contributed by atoms with Crippen molar-refractivity contribution < 1.29 is 125 Å². The largest absolute Gasteiger partial charge is 4.00 e. The normalized spacial score (nSPS) is 1.33. The van der Waals surface area contributed by atoms with Crippen LogP contribution in [-0.4, -0.2) is 30.2 Å². The van der Waals surface area contributed by atoms with Crippen LogP contribution in [0, 0.1) is 0 Å². The van der Waals surface area contributed by atoms with Gasteiger partial charge >= 0.3 is 23.9 Å². The Balaban J connectivity index is -0.00000000133. The number of nitrogens with two attached hydrogens (primary N) is 2. The Hall–Kier alpha value is 3.92. The van der Waals surface area contributed by atoms with Crippen LogP contribution in [0.1, 0.15) is 0 Å². The quantitative estimate of drug-likeness (QED) is 0.109. The summed E-state index contributed by atoms with van der Waals surface area (Å²) in [5, 5.41) is 4.50. The van der Waals surface area contributed by atoms with E-state index in [0.29, 0.717) is 0 Å². The van der Waals surface area contributed by atoms with Crippen molar-refractivity contribution in [1.29, 1.82) is 0 Å². The van der Waals surface area contributed by atoms with Gasteiger partial charge in [-0.15, -0.1) is 0 Å². The molecule has 0 aliphatic rings. The van der Waals surface area contributed by atoms with E-state index < -0.39 is 0 Å². The first-order valence-electron chi connectivity index (χ1n) is 0.667. The van der Waals surface area contributed by atoms with E-state index in [1.807, 2.05) is 0 Å². The van der Waals surface area contributed by atoms with Crippen LogP contribution in [0.3, 0.4) is 0 Å². The van der Waals surface area contributed by atoms with Gasteiger partial charge in [-0.25, -0.2) is 0 Å². The molecule has 58 valence electrons. The number of rotatable bonds is 0. The van der Waals surface area contributed by atoms with Crippen molar-refractivity contribution in [3.05, 3.63) is 0 Å². The third-order valence-electron chi connectivity index (χ3n) is 0. The second-order valence-electron chi connectivity index (χ2n) is 0.192. The van der Waals surface area contributed by atoms with Gasteiger partial charge in [0.25, 0.3) is 0 Å². The minimum atomic E-state index is 0. The van der Waals surface area contributed by atoms with Crippen LogP contribution in [-0.2, 0) is 0 Å². The zero-order chi connectivity index (χ0) is 2.71. The first-order chi connectivity index (χ1) is 1.41. The number of hydrogen-bond acceptors (Lipinski definition) is 0. The van der Waals surface area contributed by atoms with Crippen molar-refractivity contribution in [2.75, 3.05) is 0 Å². The van der Waals surface area contributed by atoms with Crippen LogP contribution in [0.2, 0.25) is 0 Å². The average molecular weight is 798 g/mol. The minimum absolute atomic E-state index is 0. The zero-order valence-electron chi connectivity index (χ0n) is 4.12. The predicted molar refractivity (Wildman–Crippen MR) is 17.9 cm³/mol. The summed E-state index contributed by atoms with van der Waals surface area (Å²) in [6.45, 7) is 0. The molecule has 0 unspecified atom stereocenters. The zero-order valence-corrected chi connectivity index (χ0v) is 17.8. The molecule has 0 aliphatic carbocycles. The van der Waals surface area contributed by atoms with Crippen molar-refractivity contribution in [3.63, 3.8) is 0 Å². The van der Waals surface area contributed by atoms with Gasteiger partial charge in [0.2, 0.25) is 6.34 Å². The third-order valence-corrected chi connectivity index (χ3v) is 0. The summed E-state index contributed by atoms with van der Waals surface area (Å²) in [6.07, 6.45) is 1.00. The molecule has 0 saturated carbocycles. The van der Waals surface area contributed by atoms with Crippen molar-refractivity contribution in [1.82, 2.24) is 0 Å². The van der Waals surface area contributed by atoms with Gasteiger partial charge in [-0.05, 0) is 0 Å². The molecule has 0 aromatic rings. The molecular weight excluding hydrogens is 793 g/mol. The summed E-state index contributed by atoms with van der Waals surface area (Å²) in [7, 11) is 0. The number of hydrogen-bond donors (Lipinski definition) is 2. The molecule has 0 spiro atoms. The molecule has 9 heavy (non-hydrogen) atoms. The molecule has 0 aromatic heterocycles. The maximum Gasteiger partial charge on any atom is 4.00 e. The second kappa shape index (κ2) is 58.7. The maximum atomic E-state index is 4.50. The predicted octanol–water partition coefficient (Wildman–Crippen LogP) is -17.6. The Bertz CT molecular complexity index is 22.4. The fourth-order valence-electron chi connectivity index (χ4n) is 0. The topological polar surface area (TPSA) is 51.6 Å². The first-order valence-corrected chi connectivity index (χ1v) is 0.667. The molecule has 4 N–H and O–H groups in total. The minimum Gasteiger partial charge on any atom is -1.00 e. The van der Waals surface area contributed by atoms with E-state index in [0.717, 1.165) is 6.34 Å². The van der Waals surface area contributed by atoms with Crippen molar-refractivity contribution in [3.8, 4) is 0 Å². The maximum absolute atomic E-state index is 4.50. The Kier molecular flexibility index (Phi) is 342. The first kappa shape index (κ1) is 52.4. The summed E-state index contributed by atoms with van der Waals surface area (Å²) in [6, 6.07) is 0. The molecule has 0 rings (SSSR count). The molecule has 0 bridgehead atoms. The SMILES string of the molecule is NC=[NH2+].[I-].[I-].[I-].[I-].[I-].[Sn+4]. The van der Waals surface area contributed by atoms with Crippen LogP contribution in [0.5, 0.6) is 0 Å². The number of halogens is 5. The molecule has 8 heteroatoms. The summed E-state index contributed by atoms with van der Waals surface area (Å²) < 4.78 is 0. The van der Waals surface area contributed by atoms with Gasteiger partial charge in [-0.2, -0.15) is 0 Å². The molecule has 0 aromatic carbocycles. The summed E-state index contributed by atoms with van der Waals surface area (Å²) in [4.78, 5) is 0. The van der Waals surface area contributed by atoms with Crippen LogP contribution in [0.25, 0.3) is 0 Å². The van der Waals surface area contributed by atoms with Crippen LogP contribution in [0.4, 0.5) is 0 Å². The van der Waals surface area contributed by atoms with E-state index in [4.69, 9.17) is 0 Å². The summed E-state index contributed by atoms with van der Waals surface area (Å²) in [5.74, 6) is 0. The van der Waals surface area contributed by atoms with E-state index in [1.165, 1.54) is 0 Å². The van der Waals surface area contributed by atoms with Crippen molar-refractivity contribution in [2.24, 2.45) is 5.73 Å². The molecule has 0 fully saturated rings. The molecular formula is CH5I5N2Sn. The Morgan fingerprint density at radius 3 is 0.889 bits per heavy atom. The van der Waals surface area contributed by atoms with Gasteiger partial charge in [-0.3, -0.25) is 11.1 Å². The fraction of sp³-hybridized carbons (Fsp3) is 0. The molecule has 0 heterocycles. The van der Waals surface area contributed by atoms with Crippen LogP contribution >= 0.6 is 0 Å². The Labute approximate surface area is 158 Å². The van der Waals surface area contributed by atoms with Crippen molar-refractivity contribution in [2.45, 2.75) is 0 Å². The molecule has 2 nitrogen and oxygen atoms in total. The van der Waals surface area contributed by atoms with Gasteiger partial charge in [0.15, 0.2) is 0 Å². The van der Waals surface area contributed by atoms with Gasteiger partial charge < -0.3 is 120 Å². The fourth-order valence-corrected chi connectivity index (χ4v) is 0. The summed E-state index contributed by atoms with van der Waals surface area (Å²) in [5.41, 5.74) is 4.50. The molecule has 0 aliphatic heterocycles. The molecule has 0 atom stereocenters. The van der Waals surface area contributed by atoms with E-state index in [2.05, 4.69) is 11.1 Å². The third kappa shape index (κ3) is 76.4. The van der Waals surface area contributed by atoms with E-state index in [9.17, 15) is 0 Å². The smallest absolute Gasteiger partial charge is 1.00 e. The van der Waals surface area contributed by atoms with Crippen LogP contribution in [0.15, 0.2) is 0 Å². The van der Waals surface area contributed by atoms with Crippen molar-refractivity contribution >= 4 is 30.2 Å². The van der Waals surface area contributed by atoms with Gasteiger partial charge in [0, 0.05) is 0 Å². The van der Waals surface area contributed by atoms with E-state index in [-0.39, 0.29) is 144 Å². The van der Waals surface area contributed by atoms with Gasteiger partial charge in [0.1, 0.15) is 0 Å². The van der Waals surface area contributed by atoms with Gasteiger partial charge in [0.05, 0.1) is 0 Å². The second-order valence-corrected chi connectivity index (χ2v) is 0.192. The molecule has 0 amide bonds.